The van der Waals surface area contributed by atoms with Gasteiger partial charge in [-0.05, 0) is 24.7 Å². The molecule has 7 nitrogen and oxygen atoms in total. The van der Waals surface area contributed by atoms with E-state index in [2.05, 4.69) is 22.2 Å². The van der Waals surface area contributed by atoms with E-state index >= 15 is 0 Å². The standard InChI is InChI=1S/C24H28N4O3/c1-26-13-15-27(16-14-26)17-21(18-7-3-2-4-8-18)25-22(29)11-12-28-23(30)19-9-5-6-10-20(19)24(28)31/h2-10,21H,11-17H2,1H3,(H,25,29). The molecule has 1 saturated heterocycles. The summed E-state index contributed by atoms with van der Waals surface area (Å²) in [6.07, 6.45) is 0.0809. The molecule has 0 saturated carbocycles. The van der Waals surface area contributed by atoms with E-state index in [1.165, 1.54) is 4.90 Å². The van der Waals surface area contributed by atoms with Crippen LogP contribution in [0.1, 0.15) is 38.7 Å². The number of hydrogen-bond acceptors (Lipinski definition) is 5. The van der Waals surface area contributed by atoms with Crippen LogP contribution in [0.5, 0.6) is 0 Å². The van der Waals surface area contributed by atoms with Crippen molar-refractivity contribution in [1.82, 2.24) is 20.0 Å². The summed E-state index contributed by atoms with van der Waals surface area (Å²) in [6.45, 7) is 4.75. The molecule has 2 aliphatic heterocycles. The van der Waals surface area contributed by atoms with E-state index in [1.807, 2.05) is 30.3 Å². The maximum absolute atomic E-state index is 12.8. The highest BCUT2D eigenvalue weighted by Crippen LogP contribution is 2.22. The number of carbonyl (C=O) groups excluding carboxylic acids is 3. The molecule has 1 unspecified atom stereocenters. The molecule has 4 rings (SSSR count). The van der Waals surface area contributed by atoms with Gasteiger partial charge in [-0.2, -0.15) is 0 Å². The van der Waals surface area contributed by atoms with Gasteiger partial charge in [0.05, 0.1) is 17.2 Å². The molecule has 2 aliphatic rings. The normalized spacial score (nSPS) is 18.2. The van der Waals surface area contributed by atoms with Crippen LogP contribution >= 0.6 is 0 Å². The van der Waals surface area contributed by atoms with Crippen molar-refractivity contribution in [2.45, 2.75) is 12.5 Å². The molecule has 7 heteroatoms. The van der Waals surface area contributed by atoms with Crippen molar-refractivity contribution >= 4 is 17.7 Å². The Balaban J connectivity index is 1.37. The average Bonchev–Trinajstić information content (AvgIpc) is 3.04. The van der Waals surface area contributed by atoms with E-state index in [1.54, 1.807) is 24.3 Å². The van der Waals surface area contributed by atoms with Crippen LogP contribution in [0.4, 0.5) is 0 Å². The Hall–Kier alpha value is -3.03. The summed E-state index contributed by atoms with van der Waals surface area (Å²) in [4.78, 5) is 43.6. The van der Waals surface area contributed by atoms with Crippen LogP contribution in [0.25, 0.3) is 0 Å². The van der Waals surface area contributed by atoms with Gasteiger partial charge in [0.15, 0.2) is 0 Å². The van der Waals surface area contributed by atoms with E-state index < -0.39 is 0 Å². The number of piperazine rings is 1. The predicted molar refractivity (Wildman–Crippen MR) is 118 cm³/mol. The Morgan fingerprint density at radius 1 is 0.903 bits per heavy atom. The van der Waals surface area contributed by atoms with Gasteiger partial charge in [0.1, 0.15) is 0 Å². The minimum absolute atomic E-state index is 0.0776. The zero-order valence-corrected chi connectivity index (χ0v) is 17.8. The molecule has 1 N–H and O–H groups in total. The number of carbonyl (C=O) groups is 3. The molecule has 2 aromatic rings. The molecule has 2 heterocycles. The zero-order chi connectivity index (χ0) is 21.8. The second-order valence-corrected chi connectivity index (χ2v) is 8.19. The van der Waals surface area contributed by atoms with Crippen molar-refractivity contribution in [1.29, 1.82) is 0 Å². The fourth-order valence-corrected chi connectivity index (χ4v) is 4.13. The molecule has 2 aromatic carbocycles. The number of fused-ring (bicyclic) bond motifs is 1. The molecule has 0 spiro atoms. The van der Waals surface area contributed by atoms with Crippen molar-refractivity contribution in [2.24, 2.45) is 0 Å². The molecule has 162 valence electrons. The maximum Gasteiger partial charge on any atom is 0.261 e. The quantitative estimate of drug-likeness (QED) is 0.692. The number of hydrogen-bond donors (Lipinski definition) is 1. The SMILES string of the molecule is CN1CCN(CC(NC(=O)CCN2C(=O)c3ccccc3C2=O)c2ccccc2)CC1. The first-order valence-corrected chi connectivity index (χ1v) is 10.7. The van der Waals surface area contributed by atoms with Gasteiger partial charge >= 0.3 is 0 Å². The van der Waals surface area contributed by atoms with Gasteiger partial charge in [0, 0.05) is 45.7 Å². The van der Waals surface area contributed by atoms with Gasteiger partial charge < -0.3 is 10.2 Å². The number of nitrogens with one attached hydrogen (secondary N) is 1. The van der Waals surface area contributed by atoms with Gasteiger partial charge in [-0.3, -0.25) is 24.2 Å². The Labute approximate surface area is 182 Å². The Bertz CT molecular complexity index is 919. The molecule has 0 bridgehead atoms. The van der Waals surface area contributed by atoms with Gasteiger partial charge in [-0.15, -0.1) is 0 Å². The van der Waals surface area contributed by atoms with Crippen molar-refractivity contribution < 1.29 is 14.4 Å². The fourth-order valence-electron chi connectivity index (χ4n) is 4.13. The highest BCUT2D eigenvalue weighted by Gasteiger charge is 2.35. The van der Waals surface area contributed by atoms with E-state index in [-0.39, 0.29) is 36.7 Å². The van der Waals surface area contributed by atoms with Crippen LogP contribution in [0.15, 0.2) is 54.6 Å². The van der Waals surface area contributed by atoms with Crippen molar-refractivity contribution in [2.75, 3.05) is 46.3 Å². The number of nitrogens with zero attached hydrogens (tertiary/aromatic N) is 3. The summed E-state index contributed by atoms with van der Waals surface area (Å²) in [5, 5.41) is 3.12. The van der Waals surface area contributed by atoms with Gasteiger partial charge in [-0.1, -0.05) is 42.5 Å². The maximum atomic E-state index is 12.8. The molecule has 31 heavy (non-hydrogen) atoms. The van der Waals surface area contributed by atoms with Crippen LogP contribution in [-0.4, -0.2) is 78.7 Å². The lowest BCUT2D eigenvalue weighted by Gasteiger charge is -2.35. The molecular formula is C24H28N4O3. The van der Waals surface area contributed by atoms with Crippen LogP contribution in [0.3, 0.4) is 0 Å². The lowest BCUT2D eigenvalue weighted by molar-refractivity contribution is -0.122. The number of imide groups is 1. The first-order chi connectivity index (χ1) is 15.0. The van der Waals surface area contributed by atoms with Gasteiger partial charge in [0.25, 0.3) is 11.8 Å². The summed E-state index contributed by atoms with van der Waals surface area (Å²) < 4.78 is 0. The Morgan fingerprint density at radius 2 is 1.48 bits per heavy atom. The lowest BCUT2D eigenvalue weighted by Crippen LogP contribution is -2.48. The van der Waals surface area contributed by atoms with Crippen LogP contribution < -0.4 is 5.32 Å². The summed E-state index contributed by atoms with van der Waals surface area (Å²) in [5.74, 6) is -0.824. The molecule has 1 fully saturated rings. The third-order valence-corrected chi connectivity index (χ3v) is 6.01. The van der Waals surface area contributed by atoms with Crippen molar-refractivity contribution in [3.8, 4) is 0 Å². The number of amides is 3. The van der Waals surface area contributed by atoms with Crippen LogP contribution in [0.2, 0.25) is 0 Å². The van der Waals surface area contributed by atoms with Crippen molar-refractivity contribution in [3.63, 3.8) is 0 Å². The van der Waals surface area contributed by atoms with E-state index in [0.29, 0.717) is 11.1 Å². The third kappa shape index (κ3) is 4.84. The highest BCUT2D eigenvalue weighted by atomic mass is 16.2. The monoisotopic (exact) mass is 420 g/mol. The average molecular weight is 421 g/mol. The predicted octanol–water partition coefficient (Wildman–Crippen LogP) is 1.78. The van der Waals surface area contributed by atoms with Crippen LogP contribution in [-0.2, 0) is 4.79 Å². The number of likely N-dealkylation sites (N-methyl/N-ethyl adjacent to an activating group) is 1. The second-order valence-electron chi connectivity index (χ2n) is 8.19. The molecule has 0 aromatic heterocycles. The summed E-state index contributed by atoms with van der Waals surface area (Å²) in [7, 11) is 2.12. The van der Waals surface area contributed by atoms with Crippen molar-refractivity contribution in [3.05, 3.63) is 71.3 Å². The topological polar surface area (TPSA) is 73.0 Å². The summed E-state index contributed by atoms with van der Waals surface area (Å²) >= 11 is 0. The number of rotatable bonds is 7. The van der Waals surface area contributed by atoms with E-state index in [0.717, 1.165) is 38.3 Å². The smallest absolute Gasteiger partial charge is 0.261 e. The van der Waals surface area contributed by atoms with E-state index in [4.69, 9.17) is 0 Å². The Kier molecular flexibility index (Phi) is 6.44. The van der Waals surface area contributed by atoms with Gasteiger partial charge in [-0.25, -0.2) is 0 Å². The molecule has 0 radical (unpaired) electrons. The van der Waals surface area contributed by atoms with Gasteiger partial charge in [0.2, 0.25) is 5.91 Å². The first-order valence-electron chi connectivity index (χ1n) is 10.7. The third-order valence-electron chi connectivity index (χ3n) is 6.01. The molecular weight excluding hydrogens is 392 g/mol. The largest absolute Gasteiger partial charge is 0.348 e. The fraction of sp³-hybridized carbons (Fsp3) is 0.375. The minimum atomic E-state index is -0.328. The highest BCUT2D eigenvalue weighted by molar-refractivity contribution is 6.21. The summed E-state index contributed by atoms with van der Waals surface area (Å²) in [5.41, 5.74) is 1.87. The zero-order valence-electron chi connectivity index (χ0n) is 17.8. The number of benzene rings is 2. The minimum Gasteiger partial charge on any atom is -0.348 e. The molecule has 0 aliphatic carbocycles. The first kappa shape index (κ1) is 21.2. The second kappa shape index (κ2) is 9.41. The molecule has 1 atom stereocenters. The Morgan fingerprint density at radius 3 is 2.10 bits per heavy atom. The lowest BCUT2D eigenvalue weighted by atomic mass is 10.1. The molecule has 3 amide bonds. The van der Waals surface area contributed by atoms with Crippen LogP contribution in [0, 0.1) is 0 Å². The summed E-state index contributed by atoms with van der Waals surface area (Å²) in [6, 6.07) is 16.6. The van der Waals surface area contributed by atoms with E-state index in [9.17, 15) is 14.4 Å².